The Kier molecular flexibility index (Phi) is 3.60. The number of nitrogens with zero attached hydrogens (tertiary/aromatic N) is 1. The molecule has 0 saturated carbocycles. The predicted octanol–water partition coefficient (Wildman–Crippen LogP) is 1.73. The van der Waals surface area contributed by atoms with Gasteiger partial charge in [0.1, 0.15) is 5.60 Å². The highest BCUT2D eigenvalue weighted by atomic mass is 16.6. The van der Waals surface area contributed by atoms with E-state index in [9.17, 15) is 4.79 Å². The monoisotopic (exact) mass is 214 g/mol. The summed E-state index contributed by atoms with van der Waals surface area (Å²) in [4.78, 5) is 13.7. The Bertz CT molecular complexity index is 235. The van der Waals surface area contributed by atoms with E-state index in [0.29, 0.717) is 6.54 Å². The van der Waals surface area contributed by atoms with Crippen LogP contribution in [-0.2, 0) is 4.74 Å². The minimum Gasteiger partial charge on any atom is -0.444 e. The molecule has 1 aliphatic rings. The molecule has 0 aromatic carbocycles. The van der Waals surface area contributed by atoms with E-state index in [-0.39, 0.29) is 18.2 Å². The maximum absolute atomic E-state index is 11.9. The molecule has 88 valence electrons. The zero-order valence-electron chi connectivity index (χ0n) is 10.1. The lowest BCUT2D eigenvalue weighted by atomic mass is 10.2. The molecule has 2 atom stereocenters. The van der Waals surface area contributed by atoms with Crippen LogP contribution in [0.4, 0.5) is 4.79 Å². The van der Waals surface area contributed by atoms with Crippen LogP contribution in [0.1, 0.15) is 40.5 Å². The van der Waals surface area contributed by atoms with Gasteiger partial charge in [-0.15, -0.1) is 0 Å². The third kappa shape index (κ3) is 3.09. The molecule has 0 spiro atoms. The largest absolute Gasteiger partial charge is 0.444 e. The standard InChI is InChI=1S/C11H22N2O2/c1-8-5-6-9(7-12)13(8)10(14)15-11(2,3)4/h8-9H,5-7,12H2,1-4H3/t8-,9-/m0/s1. The van der Waals surface area contributed by atoms with E-state index in [1.54, 1.807) is 4.90 Å². The summed E-state index contributed by atoms with van der Waals surface area (Å²) in [6.45, 7) is 8.19. The number of nitrogens with two attached hydrogens (primary N) is 1. The van der Waals surface area contributed by atoms with Crippen molar-refractivity contribution in [3.05, 3.63) is 0 Å². The molecule has 1 aliphatic heterocycles. The fourth-order valence-corrected chi connectivity index (χ4v) is 1.95. The van der Waals surface area contributed by atoms with Crippen molar-refractivity contribution in [1.82, 2.24) is 4.90 Å². The second-order valence-corrected chi connectivity index (χ2v) is 5.20. The number of carbonyl (C=O) groups is 1. The van der Waals surface area contributed by atoms with Crippen LogP contribution < -0.4 is 5.73 Å². The van der Waals surface area contributed by atoms with Crippen LogP contribution in [0.5, 0.6) is 0 Å². The smallest absolute Gasteiger partial charge is 0.410 e. The van der Waals surface area contributed by atoms with Crippen LogP contribution in [0.3, 0.4) is 0 Å². The molecule has 1 heterocycles. The van der Waals surface area contributed by atoms with Gasteiger partial charge in [-0.25, -0.2) is 4.79 Å². The second kappa shape index (κ2) is 4.39. The van der Waals surface area contributed by atoms with Crippen molar-refractivity contribution in [1.29, 1.82) is 0 Å². The molecule has 0 aromatic rings. The summed E-state index contributed by atoms with van der Waals surface area (Å²) in [6.07, 6.45) is 1.76. The molecule has 1 fully saturated rings. The average molecular weight is 214 g/mol. The molecule has 0 bridgehead atoms. The van der Waals surface area contributed by atoms with Crippen LogP contribution in [0.25, 0.3) is 0 Å². The number of likely N-dealkylation sites (tertiary alicyclic amines) is 1. The van der Waals surface area contributed by atoms with E-state index in [1.165, 1.54) is 0 Å². The SMILES string of the molecule is C[C@H]1CC[C@@H](CN)N1C(=O)OC(C)(C)C. The van der Waals surface area contributed by atoms with Crippen molar-refractivity contribution in [3.8, 4) is 0 Å². The molecular formula is C11H22N2O2. The van der Waals surface area contributed by atoms with Gasteiger partial charge in [0.25, 0.3) is 0 Å². The lowest BCUT2D eigenvalue weighted by Crippen LogP contribution is -2.45. The van der Waals surface area contributed by atoms with Gasteiger partial charge in [0, 0.05) is 18.6 Å². The van der Waals surface area contributed by atoms with Gasteiger partial charge in [0.15, 0.2) is 0 Å². The number of rotatable bonds is 1. The van der Waals surface area contributed by atoms with Gasteiger partial charge in [-0.3, -0.25) is 0 Å². The first-order valence-corrected chi connectivity index (χ1v) is 5.56. The normalized spacial score (nSPS) is 26.9. The molecule has 0 radical (unpaired) electrons. The zero-order valence-corrected chi connectivity index (χ0v) is 10.1. The fourth-order valence-electron chi connectivity index (χ4n) is 1.95. The van der Waals surface area contributed by atoms with Crippen molar-refractivity contribution >= 4 is 6.09 Å². The average Bonchev–Trinajstić information content (AvgIpc) is 2.43. The maximum Gasteiger partial charge on any atom is 0.410 e. The van der Waals surface area contributed by atoms with Crippen molar-refractivity contribution < 1.29 is 9.53 Å². The highest BCUT2D eigenvalue weighted by molar-refractivity contribution is 5.69. The minimum atomic E-state index is -0.432. The Morgan fingerprint density at radius 1 is 1.47 bits per heavy atom. The summed E-state index contributed by atoms with van der Waals surface area (Å²) in [7, 11) is 0. The van der Waals surface area contributed by atoms with Gasteiger partial charge >= 0.3 is 6.09 Å². The highest BCUT2D eigenvalue weighted by Gasteiger charge is 2.35. The Hall–Kier alpha value is -0.770. The van der Waals surface area contributed by atoms with Crippen LogP contribution >= 0.6 is 0 Å². The summed E-state index contributed by atoms with van der Waals surface area (Å²) < 4.78 is 5.36. The summed E-state index contributed by atoms with van der Waals surface area (Å²) in [6, 6.07) is 0.392. The van der Waals surface area contributed by atoms with Crippen molar-refractivity contribution in [3.63, 3.8) is 0 Å². The highest BCUT2D eigenvalue weighted by Crippen LogP contribution is 2.25. The van der Waals surface area contributed by atoms with E-state index in [0.717, 1.165) is 12.8 Å². The van der Waals surface area contributed by atoms with Gasteiger partial charge in [0.2, 0.25) is 0 Å². The van der Waals surface area contributed by atoms with Crippen LogP contribution in [0.2, 0.25) is 0 Å². The lowest BCUT2D eigenvalue weighted by Gasteiger charge is -2.30. The summed E-state index contributed by atoms with van der Waals surface area (Å²) in [5.74, 6) is 0. The molecule has 1 amide bonds. The number of amides is 1. The summed E-state index contributed by atoms with van der Waals surface area (Å²) >= 11 is 0. The third-order valence-electron chi connectivity index (χ3n) is 2.66. The first kappa shape index (κ1) is 12.3. The van der Waals surface area contributed by atoms with Gasteiger partial charge in [-0.2, -0.15) is 0 Å². The van der Waals surface area contributed by atoms with E-state index >= 15 is 0 Å². The molecular weight excluding hydrogens is 192 g/mol. The number of hydrogen-bond acceptors (Lipinski definition) is 3. The molecule has 4 heteroatoms. The third-order valence-corrected chi connectivity index (χ3v) is 2.66. The van der Waals surface area contributed by atoms with Crippen molar-refractivity contribution in [2.75, 3.05) is 6.54 Å². The topological polar surface area (TPSA) is 55.6 Å². The van der Waals surface area contributed by atoms with E-state index < -0.39 is 5.60 Å². The Morgan fingerprint density at radius 2 is 2.07 bits per heavy atom. The Labute approximate surface area is 91.8 Å². The van der Waals surface area contributed by atoms with E-state index in [2.05, 4.69) is 0 Å². The van der Waals surface area contributed by atoms with Gasteiger partial charge in [-0.05, 0) is 40.5 Å². The first-order valence-electron chi connectivity index (χ1n) is 5.56. The summed E-state index contributed by atoms with van der Waals surface area (Å²) in [5.41, 5.74) is 5.21. The molecule has 1 saturated heterocycles. The molecule has 4 nitrogen and oxygen atoms in total. The first-order chi connectivity index (χ1) is 6.85. The van der Waals surface area contributed by atoms with Gasteiger partial charge < -0.3 is 15.4 Å². The second-order valence-electron chi connectivity index (χ2n) is 5.20. The lowest BCUT2D eigenvalue weighted by molar-refractivity contribution is 0.0167. The van der Waals surface area contributed by atoms with E-state index in [4.69, 9.17) is 10.5 Å². The van der Waals surface area contributed by atoms with Crippen LogP contribution in [0, 0.1) is 0 Å². The number of hydrogen-bond donors (Lipinski definition) is 1. The quantitative estimate of drug-likeness (QED) is 0.723. The van der Waals surface area contributed by atoms with Gasteiger partial charge in [0.05, 0.1) is 0 Å². The Balaban J connectivity index is 2.64. The maximum atomic E-state index is 11.9. The van der Waals surface area contributed by atoms with Crippen molar-refractivity contribution in [2.24, 2.45) is 5.73 Å². The number of carbonyl (C=O) groups excluding carboxylic acids is 1. The van der Waals surface area contributed by atoms with E-state index in [1.807, 2.05) is 27.7 Å². The van der Waals surface area contributed by atoms with Crippen LogP contribution in [-0.4, -0.2) is 35.2 Å². The molecule has 0 aliphatic carbocycles. The fraction of sp³-hybridized carbons (Fsp3) is 0.909. The molecule has 1 rings (SSSR count). The van der Waals surface area contributed by atoms with Crippen LogP contribution in [0.15, 0.2) is 0 Å². The van der Waals surface area contributed by atoms with Gasteiger partial charge in [-0.1, -0.05) is 0 Å². The molecule has 15 heavy (non-hydrogen) atoms. The minimum absolute atomic E-state index is 0.148. The predicted molar refractivity (Wildman–Crippen MR) is 59.6 cm³/mol. The summed E-state index contributed by atoms with van der Waals surface area (Å²) in [5, 5.41) is 0. The molecule has 0 unspecified atom stereocenters. The zero-order chi connectivity index (χ0) is 11.6. The molecule has 0 aromatic heterocycles. The molecule has 2 N–H and O–H groups in total. The number of ether oxygens (including phenoxy) is 1. The Morgan fingerprint density at radius 3 is 2.53 bits per heavy atom. The van der Waals surface area contributed by atoms with Crippen molar-refractivity contribution in [2.45, 2.75) is 58.2 Å².